The fourth-order valence-corrected chi connectivity index (χ4v) is 1.96. The summed E-state index contributed by atoms with van der Waals surface area (Å²) >= 11 is 0. The van der Waals surface area contributed by atoms with Gasteiger partial charge in [0.15, 0.2) is 0 Å². The molecule has 0 aromatic heterocycles. The molecule has 0 aromatic rings. The minimum Gasteiger partial charge on any atom is -0.386 e. The van der Waals surface area contributed by atoms with Gasteiger partial charge in [-0.2, -0.15) is 0 Å². The molecule has 1 aliphatic carbocycles. The second-order valence-corrected chi connectivity index (χ2v) is 5.28. The van der Waals surface area contributed by atoms with Crippen molar-refractivity contribution in [3.05, 3.63) is 0 Å². The topological polar surface area (TPSA) is 41.5 Å². The van der Waals surface area contributed by atoms with Crippen LogP contribution in [0.4, 0.5) is 0 Å². The normalized spacial score (nSPS) is 37.1. The number of rotatable bonds is 4. The van der Waals surface area contributed by atoms with Crippen LogP contribution in [0.15, 0.2) is 0 Å². The van der Waals surface area contributed by atoms with Gasteiger partial charge in [0.25, 0.3) is 0 Å². The van der Waals surface area contributed by atoms with Crippen LogP contribution in [0.2, 0.25) is 0 Å². The van der Waals surface area contributed by atoms with E-state index in [1.54, 1.807) is 0 Å². The van der Waals surface area contributed by atoms with Crippen LogP contribution in [-0.2, 0) is 4.74 Å². The maximum Gasteiger partial charge on any atom is 0.102 e. The highest BCUT2D eigenvalue weighted by molar-refractivity contribution is 4.98. The molecule has 0 amide bonds. The predicted molar refractivity (Wildman–Crippen MR) is 55.2 cm³/mol. The van der Waals surface area contributed by atoms with Crippen LogP contribution in [-0.4, -0.2) is 36.5 Å². The lowest BCUT2D eigenvalue weighted by Crippen LogP contribution is -2.46. The third-order valence-electron chi connectivity index (χ3n) is 3.90. The van der Waals surface area contributed by atoms with Crippen molar-refractivity contribution in [1.82, 2.24) is 5.32 Å². The van der Waals surface area contributed by atoms with Crippen molar-refractivity contribution in [2.45, 2.75) is 44.8 Å². The molecule has 2 rings (SSSR count). The lowest BCUT2D eigenvalue weighted by molar-refractivity contribution is 0.0234. The van der Waals surface area contributed by atoms with Gasteiger partial charge in [0.2, 0.25) is 0 Å². The molecular weight excluding hydrogens is 178 g/mol. The quantitative estimate of drug-likeness (QED) is 0.707. The Morgan fingerprint density at radius 3 is 2.64 bits per heavy atom. The first-order chi connectivity index (χ1) is 6.54. The van der Waals surface area contributed by atoms with E-state index in [9.17, 15) is 5.11 Å². The summed E-state index contributed by atoms with van der Waals surface area (Å²) in [6, 6.07) is 0.507. The molecule has 14 heavy (non-hydrogen) atoms. The summed E-state index contributed by atoms with van der Waals surface area (Å²) in [4.78, 5) is 0. The third-order valence-corrected chi connectivity index (χ3v) is 3.90. The highest BCUT2D eigenvalue weighted by Crippen LogP contribution is 2.47. The van der Waals surface area contributed by atoms with Crippen LogP contribution in [0, 0.1) is 5.41 Å². The van der Waals surface area contributed by atoms with Gasteiger partial charge in [0.1, 0.15) is 5.60 Å². The standard InChI is InChI=1S/C11H21NO2/c1-9(10(2)3-4-10)12-7-11(13)5-6-14-8-11/h9,12-13H,3-8H2,1-2H3. The van der Waals surface area contributed by atoms with Crippen molar-refractivity contribution < 1.29 is 9.84 Å². The molecule has 0 spiro atoms. The van der Waals surface area contributed by atoms with Gasteiger partial charge >= 0.3 is 0 Å². The molecule has 0 bridgehead atoms. The summed E-state index contributed by atoms with van der Waals surface area (Å²) < 4.78 is 5.20. The number of hydrogen-bond acceptors (Lipinski definition) is 3. The Labute approximate surface area is 85.8 Å². The second-order valence-electron chi connectivity index (χ2n) is 5.28. The van der Waals surface area contributed by atoms with Crippen molar-refractivity contribution >= 4 is 0 Å². The SMILES string of the molecule is CC(NCC1(O)CCOC1)C1(C)CC1. The van der Waals surface area contributed by atoms with E-state index < -0.39 is 5.60 Å². The first-order valence-electron chi connectivity index (χ1n) is 5.58. The first-order valence-corrected chi connectivity index (χ1v) is 5.58. The van der Waals surface area contributed by atoms with Gasteiger partial charge in [-0.05, 0) is 25.2 Å². The van der Waals surface area contributed by atoms with Crippen LogP contribution in [0.5, 0.6) is 0 Å². The van der Waals surface area contributed by atoms with E-state index in [0.717, 1.165) is 6.42 Å². The molecule has 0 radical (unpaired) electrons. The van der Waals surface area contributed by atoms with E-state index in [4.69, 9.17) is 4.74 Å². The highest BCUT2D eigenvalue weighted by atomic mass is 16.5. The zero-order chi connectivity index (χ0) is 10.2. The Morgan fingerprint density at radius 1 is 1.43 bits per heavy atom. The van der Waals surface area contributed by atoms with Gasteiger partial charge in [0, 0.05) is 25.6 Å². The molecule has 0 aromatic carbocycles. The highest BCUT2D eigenvalue weighted by Gasteiger charge is 2.43. The molecule has 1 heterocycles. The van der Waals surface area contributed by atoms with Gasteiger partial charge in [-0.1, -0.05) is 6.92 Å². The molecule has 3 heteroatoms. The Hall–Kier alpha value is -0.120. The zero-order valence-electron chi connectivity index (χ0n) is 9.18. The smallest absolute Gasteiger partial charge is 0.102 e. The second kappa shape index (κ2) is 3.47. The lowest BCUT2D eigenvalue weighted by atomic mass is 9.98. The number of aliphatic hydroxyl groups is 1. The van der Waals surface area contributed by atoms with E-state index >= 15 is 0 Å². The summed E-state index contributed by atoms with van der Waals surface area (Å²) in [6.07, 6.45) is 3.40. The van der Waals surface area contributed by atoms with Gasteiger partial charge in [-0.15, -0.1) is 0 Å². The molecule has 2 atom stereocenters. The molecule has 2 fully saturated rings. The van der Waals surface area contributed by atoms with Crippen molar-refractivity contribution in [2.24, 2.45) is 5.41 Å². The van der Waals surface area contributed by atoms with E-state index in [2.05, 4.69) is 19.2 Å². The summed E-state index contributed by atoms with van der Waals surface area (Å²) in [7, 11) is 0. The summed E-state index contributed by atoms with van der Waals surface area (Å²) in [5, 5.41) is 13.5. The van der Waals surface area contributed by atoms with Gasteiger partial charge < -0.3 is 15.2 Å². The van der Waals surface area contributed by atoms with Gasteiger partial charge in [-0.3, -0.25) is 0 Å². The largest absolute Gasteiger partial charge is 0.386 e. The Morgan fingerprint density at radius 2 is 2.14 bits per heavy atom. The van der Waals surface area contributed by atoms with Gasteiger partial charge in [0.05, 0.1) is 6.61 Å². The van der Waals surface area contributed by atoms with E-state index in [0.29, 0.717) is 31.2 Å². The minimum atomic E-state index is -0.612. The average Bonchev–Trinajstić information content (AvgIpc) is 2.75. The monoisotopic (exact) mass is 199 g/mol. The maximum atomic E-state index is 10.0. The molecule has 1 saturated carbocycles. The number of nitrogens with one attached hydrogen (secondary N) is 1. The molecule has 2 unspecified atom stereocenters. The fourth-order valence-electron chi connectivity index (χ4n) is 1.96. The lowest BCUT2D eigenvalue weighted by Gasteiger charge is -2.26. The molecule has 1 aliphatic heterocycles. The van der Waals surface area contributed by atoms with E-state index in [-0.39, 0.29) is 0 Å². The molecule has 2 aliphatic rings. The van der Waals surface area contributed by atoms with Crippen LogP contribution < -0.4 is 5.32 Å². The first kappa shape index (κ1) is 10.4. The third kappa shape index (κ3) is 2.10. The number of ether oxygens (including phenoxy) is 1. The zero-order valence-corrected chi connectivity index (χ0v) is 9.18. The average molecular weight is 199 g/mol. The summed E-state index contributed by atoms with van der Waals surface area (Å²) in [5.74, 6) is 0. The summed E-state index contributed by atoms with van der Waals surface area (Å²) in [5.41, 5.74) is -0.130. The Kier molecular flexibility index (Phi) is 2.58. The maximum absolute atomic E-state index is 10.0. The Bertz CT molecular complexity index is 207. The van der Waals surface area contributed by atoms with Crippen molar-refractivity contribution in [3.63, 3.8) is 0 Å². The van der Waals surface area contributed by atoms with Crippen LogP contribution >= 0.6 is 0 Å². The Balaban J connectivity index is 1.76. The van der Waals surface area contributed by atoms with Crippen molar-refractivity contribution in [3.8, 4) is 0 Å². The van der Waals surface area contributed by atoms with Crippen LogP contribution in [0.3, 0.4) is 0 Å². The molecule has 3 nitrogen and oxygen atoms in total. The molecule has 82 valence electrons. The van der Waals surface area contributed by atoms with Gasteiger partial charge in [-0.25, -0.2) is 0 Å². The molecule has 2 N–H and O–H groups in total. The van der Waals surface area contributed by atoms with Crippen LogP contribution in [0.25, 0.3) is 0 Å². The molecule has 1 saturated heterocycles. The predicted octanol–water partition coefficient (Wildman–Crippen LogP) is 0.916. The van der Waals surface area contributed by atoms with Crippen LogP contribution in [0.1, 0.15) is 33.1 Å². The van der Waals surface area contributed by atoms with E-state index in [1.165, 1.54) is 12.8 Å². The minimum absolute atomic E-state index is 0.482. The van der Waals surface area contributed by atoms with Crippen molar-refractivity contribution in [1.29, 1.82) is 0 Å². The summed E-state index contributed by atoms with van der Waals surface area (Å²) in [6.45, 7) is 6.38. The molecular formula is C11H21NO2. The fraction of sp³-hybridized carbons (Fsp3) is 1.00. The van der Waals surface area contributed by atoms with Crippen molar-refractivity contribution in [2.75, 3.05) is 19.8 Å². The number of hydrogen-bond donors (Lipinski definition) is 2. The van der Waals surface area contributed by atoms with E-state index in [1.807, 2.05) is 0 Å².